The predicted octanol–water partition coefficient (Wildman–Crippen LogP) is 4.79. The number of rotatable bonds is 7. The zero-order valence-corrected chi connectivity index (χ0v) is 15.1. The normalized spacial score (nSPS) is 10.1. The quantitative estimate of drug-likeness (QED) is 0.741. The van der Waals surface area contributed by atoms with Gasteiger partial charge in [-0.3, -0.25) is 0 Å². The van der Waals surface area contributed by atoms with Crippen LogP contribution in [0.4, 0.5) is 16.2 Å². The number of carbonyl (C=O) groups is 1. The molecule has 7 heteroatoms. The summed E-state index contributed by atoms with van der Waals surface area (Å²) >= 11 is 5.96. The summed E-state index contributed by atoms with van der Waals surface area (Å²) in [5.41, 5.74) is 1.05. The van der Waals surface area contributed by atoms with Crippen molar-refractivity contribution in [3.05, 3.63) is 41.4 Å². The summed E-state index contributed by atoms with van der Waals surface area (Å²) < 4.78 is 16.3. The summed E-state index contributed by atoms with van der Waals surface area (Å²) in [7, 11) is 1.52. The van der Waals surface area contributed by atoms with Crippen LogP contribution in [0.25, 0.3) is 0 Å². The van der Waals surface area contributed by atoms with Crippen LogP contribution in [0.15, 0.2) is 36.4 Å². The van der Waals surface area contributed by atoms with Crippen LogP contribution >= 0.6 is 11.6 Å². The van der Waals surface area contributed by atoms with Gasteiger partial charge in [0.1, 0.15) is 5.75 Å². The molecular formula is C18H21ClN2O4. The van der Waals surface area contributed by atoms with Gasteiger partial charge >= 0.3 is 6.03 Å². The van der Waals surface area contributed by atoms with Crippen molar-refractivity contribution in [2.75, 3.05) is 31.0 Å². The highest BCUT2D eigenvalue weighted by Crippen LogP contribution is 2.31. The SMILES string of the molecule is CCOc1ccc(NC(=O)Nc2cc(Cl)ccc2OC)cc1OCC. The molecule has 0 aliphatic carbocycles. The molecular weight excluding hydrogens is 344 g/mol. The van der Waals surface area contributed by atoms with Gasteiger partial charge in [0.2, 0.25) is 0 Å². The Morgan fingerprint density at radius 1 is 0.960 bits per heavy atom. The third kappa shape index (κ3) is 5.19. The lowest BCUT2D eigenvalue weighted by Crippen LogP contribution is -2.19. The van der Waals surface area contributed by atoms with E-state index in [1.54, 1.807) is 36.4 Å². The van der Waals surface area contributed by atoms with Crippen molar-refractivity contribution in [1.82, 2.24) is 0 Å². The van der Waals surface area contributed by atoms with Gasteiger partial charge < -0.3 is 24.8 Å². The molecule has 2 aromatic rings. The molecule has 2 rings (SSSR count). The molecule has 0 atom stereocenters. The van der Waals surface area contributed by atoms with Gasteiger partial charge in [-0.2, -0.15) is 0 Å². The van der Waals surface area contributed by atoms with Crippen LogP contribution in [0, 0.1) is 0 Å². The number of urea groups is 1. The van der Waals surface area contributed by atoms with Gasteiger partial charge in [-0.15, -0.1) is 0 Å². The molecule has 2 N–H and O–H groups in total. The maximum atomic E-state index is 12.2. The number of hydrogen-bond donors (Lipinski definition) is 2. The second kappa shape index (κ2) is 9.03. The fourth-order valence-electron chi connectivity index (χ4n) is 2.19. The Morgan fingerprint density at radius 2 is 1.64 bits per heavy atom. The fourth-order valence-corrected chi connectivity index (χ4v) is 2.36. The molecule has 0 aromatic heterocycles. The Kier molecular flexibility index (Phi) is 6.77. The van der Waals surface area contributed by atoms with Crippen molar-refractivity contribution in [3.8, 4) is 17.2 Å². The van der Waals surface area contributed by atoms with E-state index in [4.69, 9.17) is 25.8 Å². The Morgan fingerprint density at radius 3 is 2.32 bits per heavy atom. The van der Waals surface area contributed by atoms with Gasteiger partial charge in [0, 0.05) is 16.8 Å². The second-order valence-electron chi connectivity index (χ2n) is 4.95. The number of anilines is 2. The molecule has 0 spiro atoms. The number of ether oxygens (including phenoxy) is 3. The first-order valence-corrected chi connectivity index (χ1v) is 8.26. The number of hydrogen-bond acceptors (Lipinski definition) is 4. The van der Waals surface area contributed by atoms with Crippen LogP contribution in [0.1, 0.15) is 13.8 Å². The highest BCUT2D eigenvalue weighted by atomic mass is 35.5. The molecule has 25 heavy (non-hydrogen) atoms. The molecule has 0 saturated heterocycles. The number of halogens is 1. The van der Waals surface area contributed by atoms with Crippen molar-refractivity contribution in [2.45, 2.75) is 13.8 Å². The van der Waals surface area contributed by atoms with E-state index >= 15 is 0 Å². The lowest BCUT2D eigenvalue weighted by molar-refractivity contribution is 0.262. The van der Waals surface area contributed by atoms with Crippen LogP contribution in [0.5, 0.6) is 17.2 Å². The minimum absolute atomic E-state index is 0.424. The summed E-state index contributed by atoms with van der Waals surface area (Å²) in [6.07, 6.45) is 0. The zero-order chi connectivity index (χ0) is 18.2. The molecule has 0 aliphatic rings. The number of nitrogens with one attached hydrogen (secondary N) is 2. The predicted molar refractivity (Wildman–Crippen MR) is 99.4 cm³/mol. The topological polar surface area (TPSA) is 68.8 Å². The monoisotopic (exact) mass is 364 g/mol. The van der Waals surface area contributed by atoms with Gasteiger partial charge in [-0.1, -0.05) is 11.6 Å². The van der Waals surface area contributed by atoms with Crippen LogP contribution < -0.4 is 24.8 Å². The van der Waals surface area contributed by atoms with Crippen molar-refractivity contribution in [1.29, 1.82) is 0 Å². The van der Waals surface area contributed by atoms with Crippen molar-refractivity contribution < 1.29 is 19.0 Å². The number of benzene rings is 2. The lowest BCUT2D eigenvalue weighted by Gasteiger charge is -2.14. The molecule has 0 bridgehead atoms. The van der Waals surface area contributed by atoms with E-state index < -0.39 is 6.03 Å². The average Bonchev–Trinajstić information content (AvgIpc) is 2.58. The van der Waals surface area contributed by atoms with Crippen LogP contribution in [-0.4, -0.2) is 26.4 Å². The molecule has 0 unspecified atom stereocenters. The summed E-state index contributed by atoms with van der Waals surface area (Å²) in [6, 6.07) is 9.76. The molecule has 6 nitrogen and oxygen atoms in total. The summed E-state index contributed by atoms with van der Waals surface area (Å²) in [4.78, 5) is 12.2. The van der Waals surface area contributed by atoms with Crippen molar-refractivity contribution >= 4 is 29.0 Å². The molecule has 2 amide bonds. The standard InChI is InChI=1S/C18H21ClN2O4/c1-4-24-16-9-7-13(11-17(16)25-5-2)20-18(22)21-14-10-12(19)6-8-15(14)23-3/h6-11H,4-5H2,1-3H3,(H2,20,21,22). The molecule has 2 aromatic carbocycles. The van der Waals surface area contributed by atoms with E-state index in [9.17, 15) is 4.79 Å². The van der Waals surface area contributed by atoms with E-state index in [0.717, 1.165) is 0 Å². The molecule has 0 aliphatic heterocycles. The lowest BCUT2D eigenvalue weighted by atomic mass is 10.2. The molecule has 134 valence electrons. The highest BCUT2D eigenvalue weighted by Gasteiger charge is 2.11. The molecule has 0 saturated carbocycles. The first-order valence-electron chi connectivity index (χ1n) is 7.88. The van der Waals surface area contributed by atoms with E-state index in [1.165, 1.54) is 7.11 Å². The van der Waals surface area contributed by atoms with Crippen LogP contribution in [0.3, 0.4) is 0 Å². The Hall–Kier alpha value is -2.60. The summed E-state index contributed by atoms with van der Waals surface area (Å²) in [6.45, 7) is 4.80. The minimum Gasteiger partial charge on any atom is -0.495 e. The number of methoxy groups -OCH3 is 1. The Bertz CT molecular complexity index is 737. The average molecular weight is 365 g/mol. The number of amides is 2. The maximum Gasteiger partial charge on any atom is 0.323 e. The smallest absolute Gasteiger partial charge is 0.323 e. The second-order valence-corrected chi connectivity index (χ2v) is 5.39. The van der Waals surface area contributed by atoms with E-state index in [-0.39, 0.29) is 0 Å². The van der Waals surface area contributed by atoms with Gasteiger partial charge in [-0.25, -0.2) is 4.79 Å². The van der Waals surface area contributed by atoms with Gasteiger partial charge in [0.15, 0.2) is 11.5 Å². The summed E-state index contributed by atoms with van der Waals surface area (Å²) in [5, 5.41) is 5.95. The third-order valence-electron chi connectivity index (χ3n) is 3.21. The van der Waals surface area contributed by atoms with E-state index in [0.29, 0.717) is 46.9 Å². The zero-order valence-electron chi connectivity index (χ0n) is 14.4. The Balaban J connectivity index is 2.12. The molecule has 0 radical (unpaired) electrons. The van der Waals surface area contributed by atoms with E-state index in [1.807, 2.05) is 13.8 Å². The minimum atomic E-state index is -0.424. The fraction of sp³-hybridized carbons (Fsp3) is 0.278. The molecule has 0 fully saturated rings. The maximum absolute atomic E-state index is 12.2. The molecule has 0 heterocycles. The van der Waals surface area contributed by atoms with Gasteiger partial charge in [0.05, 0.1) is 26.0 Å². The Labute approximate surface area is 152 Å². The largest absolute Gasteiger partial charge is 0.495 e. The third-order valence-corrected chi connectivity index (χ3v) is 3.45. The highest BCUT2D eigenvalue weighted by molar-refractivity contribution is 6.31. The first-order chi connectivity index (χ1) is 12.1. The van der Waals surface area contributed by atoms with Gasteiger partial charge in [-0.05, 0) is 44.2 Å². The van der Waals surface area contributed by atoms with Gasteiger partial charge in [0.25, 0.3) is 0 Å². The van der Waals surface area contributed by atoms with Crippen molar-refractivity contribution in [2.24, 2.45) is 0 Å². The van der Waals surface area contributed by atoms with Crippen LogP contribution in [0.2, 0.25) is 5.02 Å². The van der Waals surface area contributed by atoms with Crippen molar-refractivity contribution in [3.63, 3.8) is 0 Å². The first kappa shape index (κ1) is 18.7. The van der Waals surface area contributed by atoms with E-state index in [2.05, 4.69) is 10.6 Å². The number of carbonyl (C=O) groups excluding carboxylic acids is 1. The summed E-state index contributed by atoms with van der Waals surface area (Å²) in [5.74, 6) is 1.72. The van der Waals surface area contributed by atoms with Crippen LogP contribution in [-0.2, 0) is 0 Å².